The molecule has 2 aromatic carbocycles. The van der Waals surface area contributed by atoms with E-state index in [1.54, 1.807) is 30.5 Å². The van der Waals surface area contributed by atoms with Crippen LogP contribution < -0.4 is 15.8 Å². The van der Waals surface area contributed by atoms with Crippen LogP contribution >= 0.6 is 0 Å². The molecule has 0 saturated carbocycles. The number of ether oxygens (including phenoxy) is 1. The lowest BCUT2D eigenvalue weighted by Gasteiger charge is -2.10. The first kappa shape index (κ1) is 19.4. The van der Waals surface area contributed by atoms with Gasteiger partial charge < -0.3 is 15.8 Å². The van der Waals surface area contributed by atoms with Gasteiger partial charge in [0.15, 0.2) is 17.5 Å². The molecule has 3 rings (SSSR count). The average molecular weight is 378 g/mol. The third-order valence-corrected chi connectivity index (χ3v) is 4.12. The van der Waals surface area contributed by atoms with E-state index in [1.807, 2.05) is 18.2 Å². The molecule has 0 unspecified atom stereocenters. The predicted molar refractivity (Wildman–Crippen MR) is 110 cm³/mol. The van der Waals surface area contributed by atoms with Crippen molar-refractivity contribution in [1.82, 2.24) is 4.98 Å². The van der Waals surface area contributed by atoms with Crippen LogP contribution in [0.25, 0.3) is 0 Å². The number of anilines is 1. The number of hydrogen-bond donors (Lipinski definition) is 2. The summed E-state index contributed by atoms with van der Waals surface area (Å²) in [5, 5.41) is 3.07. The van der Waals surface area contributed by atoms with Crippen LogP contribution in [0.5, 0.6) is 11.5 Å². The zero-order chi connectivity index (χ0) is 19.9. The van der Waals surface area contributed by atoms with E-state index in [0.29, 0.717) is 17.2 Å². The van der Waals surface area contributed by atoms with E-state index in [-0.39, 0.29) is 18.3 Å². The zero-order valence-electron chi connectivity index (χ0n) is 15.9. The topological polar surface area (TPSA) is 72.5 Å². The summed E-state index contributed by atoms with van der Waals surface area (Å²) in [5.74, 6) is 0.849. The molecule has 28 heavy (non-hydrogen) atoms. The largest absolute Gasteiger partial charge is 0.453 e. The lowest BCUT2D eigenvalue weighted by atomic mass is 10.0. The van der Waals surface area contributed by atoms with Gasteiger partial charge in [-0.2, -0.15) is 0 Å². The Kier molecular flexibility index (Phi) is 6.22. The number of aromatic nitrogens is 1. The molecule has 3 N–H and O–H groups in total. The van der Waals surface area contributed by atoms with Crippen molar-refractivity contribution in [1.29, 1.82) is 0 Å². The molecule has 6 heteroatoms. The predicted octanol–water partition coefficient (Wildman–Crippen LogP) is 5.06. The fourth-order valence-electron chi connectivity index (χ4n) is 2.60. The van der Waals surface area contributed by atoms with Crippen LogP contribution in [0.1, 0.15) is 30.9 Å². The van der Waals surface area contributed by atoms with E-state index >= 15 is 0 Å². The number of nitrogens with zero attached hydrogens (tertiary/aromatic N) is 2. The van der Waals surface area contributed by atoms with Crippen molar-refractivity contribution < 1.29 is 9.13 Å². The summed E-state index contributed by atoms with van der Waals surface area (Å²) in [4.78, 5) is 8.22. The molecular formula is C22H23FN4O. The molecule has 5 nitrogen and oxygen atoms in total. The fourth-order valence-corrected chi connectivity index (χ4v) is 2.60. The van der Waals surface area contributed by atoms with E-state index in [0.717, 1.165) is 5.69 Å². The Labute approximate surface area is 164 Å². The van der Waals surface area contributed by atoms with Crippen LogP contribution in [0.3, 0.4) is 0 Å². The van der Waals surface area contributed by atoms with Crippen molar-refractivity contribution in [3.63, 3.8) is 0 Å². The SMILES string of the molecule is CC(C)c1cccc(NC(N)=NCc2ccc(Oc3cccnc3)c(F)c2)c1. The van der Waals surface area contributed by atoms with Gasteiger partial charge in [-0.15, -0.1) is 0 Å². The molecule has 0 amide bonds. The van der Waals surface area contributed by atoms with Crippen LogP contribution in [0.2, 0.25) is 0 Å². The van der Waals surface area contributed by atoms with Gasteiger partial charge in [0.25, 0.3) is 0 Å². The Hall–Kier alpha value is -3.41. The smallest absolute Gasteiger partial charge is 0.193 e. The highest BCUT2D eigenvalue weighted by atomic mass is 19.1. The number of halogens is 1. The quantitative estimate of drug-likeness (QED) is 0.464. The number of hydrogen-bond acceptors (Lipinski definition) is 3. The summed E-state index contributed by atoms with van der Waals surface area (Å²) in [5.41, 5.74) is 8.74. The van der Waals surface area contributed by atoms with Crippen molar-refractivity contribution in [3.05, 3.63) is 83.9 Å². The number of benzene rings is 2. The molecule has 0 fully saturated rings. The minimum Gasteiger partial charge on any atom is -0.453 e. The van der Waals surface area contributed by atoms with Crippen LogP contribution in [0.15, 0.2) is 72.0 Å². The number of pyridine rings is 1. The van der Waals surface area contributed by atoms with Crippen LogP contribution in [0, 0.1) is 5.82 Å². The van der Waals surface area contributed by atoms with Gasteiger partial charge in [-0.3, -0.25) is 4.98 Å². The van der Waals surface area contributed by atoms with Crippen LogP contribution in [-0.2, 0) is 6.54 Å². The molecule has 0 aliphatic rings. The summed E-state index contributed by atoms with van der Waals surface area (Å²) in [6.07, 6.45) is 3.15. The normalized spacial score (nSPS) is 11.5. The van der Waals surface area contributed by atoms with Crippen molar-refractivity contribution in [2.45, 2.75) is 26.3 Å². The number of aliphatic imine (C=N–C) groups is 1. The van der Waals surface area contributed by atoms with Crippen molar-refractivity contribution in [2.75, 3.05) is 5.32 Å². The Balaban J connectivity index is 1.63. The summed E-state index contributed by atoms with van der Waals surface area (Å²) < 4.78 is 19.8. The summed E-state index contributed by atoms with van der Waals surface area (Å²) >= 11 is 0. The Morgan fingerprint density at radius 1 is 1.18 bits per heavy atom. The molecule has 0 saturated heterocycles. The first-order valence-corrected chi connectivity index (χ1v) is 9.04. The van der Waals surface area contributed by atoms with Gasteiger partial charge in [-0.05, 0) is 53.4 Å². The highest BCUT2D eigenvalue weighted by Gasteiger charge is 2.07. The van der Waals surface area contributed by atoms with Crippen molar-refractivity contribution in [2.24, 2.45) is 10.7 Å². The average Bonchev–Trinajstić information content (AvgIpc) is 2.69. The monoisotopic (exact) mass is 378 g/mol. The number of rotatable bonds is 6. The van der Waals surface area contributed by atoms with Crippen molar-refractivity contribution >= 4 is 11.6 Å². The third-order valence-electron chi connectivity index (χ3n) is 4.12. The maximum absolute atomic E-state index is 14.3. The van der Waals surface area contributed by atoms with Gasteiger partial charge in [-0.25, -0.2) is 9.38 Å². The molecule has 0 spiro atoms. The number of nitrogens with two attached hydrogens (primary N) is 1. The lowest BCUT2D eigenvalue weighted by Crippen LogP contribution is -2.22. The Morgan fingerprint density at radius 2 is 2.04 bits per heavy atom. The summed E-state index contributed by atoms with van der Waals surface area (Å²) in [7, 11) is 0. The molecule has 0 radical (unpaired) electrons. The van der Waals surface area contributed by atoms with E-state index in [4.69, 9.17) is 10.5 Å². The summed E-state index contributed by atoms with van der Waals surface area (Å²) in [6.45, 7) is 4.52. The zero-order valence-corrected chi connectivity index (χ0v) is 15.9. The maximum atomic E-state index is 14.3. The molecule has 0 aliphatic heterocycles. The first-order valence-electron chi connectivity index (χ1n) is 9.04. The molecule has 1 heterocycles. The van der Waals surface area contributed by atoms with Crippen LogP contribution in [-0.4, -0.2) is 10.9 Å². The maximum Gasteiger partial charge on any atom is 0.193 e. The Morgan fingerprint density at radius 3 is 2.75 bits per heavy atom. The van der Waals surface area contributed by atoms with E-state index in [1.165, 1.54) is 17.8 Å². The second-order valence-electron chi connectivity index (χ2n) is 6.66. The minimum absolute atomic E-state index is 0.136. The standard InChI is InChI=1S/C22H23FN4O/c1-15(2)17-5-3-6-18(12-17)27-22(24)26-13-16-8-9-21(20(23)11-16)28-19-7-4-10-25-14-19/h3-12,14-15H,13H2,1-2H3,(H3,24,26,27). The lowest BCUT2D eigenvalue weighted by molar-refractivity contribution is 0.440. The van der Waals surface area contributed by atoms with Gasteiger partial charge in [0, 0.05) is 11.9 Å². The third kappa shape index (κ3) is 5.30. The van der Waals surface area contributed by atoms with Crippen molar-refractivity contribution in [3.8, 4) is 11.5 Å². The second kappa shape index (κ2) is 8.99. The Bertz CT molecular complexity index is 958. The van der Waals surface area contributed by atoms with E-state index < -0.39 is 5.82 Å². The van der Waals surface area contributed by atoms with Gasteiger partial charge >= 0.3 is 0 Å². The van der Waals surface area contributed by atoms with E-state index in [2.05, 4.69) is 35.2 Å². The molecule has 144 valence electrons. The molecular weight excluding hydrogens is 355 g/mol. The number of nitrogens with one attached hydrogen (secondary N) is 1. The molecule has 0 aliphatic carbocycles. The fraction of sp³-hybridized carbons (Fsp3) is 0.182. The highest BCUT2D eigenvalue weighted by molar-refractivity contribution is 5.92. The van der Waals surface area contributed by atoms with E-state index in [9.17, 15) is 4.39 Å². The molecule has 1 aromatic heterocycles. The van der Waals surface area contributed by atoms with Gasteiger partial charge in [-0.1, -0.05) is 32.0 Å². The molecule has 3 aromatic rings. The van der Waals surface area contributed by atoms with Gasteiger partial charge in [0.2, 0.25) is 0 Å². The van der Waals surface area contributed by atoms with Crippen LogP contribution in [0.4, 0.5) is 10.1 Å². The summed E-state index contributed by atoms with van der Waals surface area (Å²) in [6, 6.07) is 16.2. The highest BCUT2D eigenvalue weighted by Crippen LogP contribution is 2.24. The minimum atomic E-state index is -0.465. The van der Waals surface area contributed by atoms with Gasteiger partial charge in [0.1, 0.15) is 5.75 Å². The number of guanidine groups is 1. The molecule has 0 bridgehead atoms. The van der Waals surface area contributed by atoms with Gasteiger partial charge in [0.05, 0.1) is 12.7 Å². The first-order chi connectivity index (χ1) is 13.5. The molecule has 0 atom stereocenters. The second-order valence-corrected chi connectivity index (χ2v) is 6.66.